The van der Waals surface area contributed by atoms with E-state index < -0.39 is 29.1 Å². The molecule has 0 radical (unpaired) electrons. The molecule has 11 nitrogen and oxygen atoms in total. The number of anilines is 2. The van der Waals surface area contributed by atoms with Crippen LogP contribution < -0.4 is 19.9 Å². The molecule has 4 amide bonds. The molecule has 1 N–H and O–H groups in total. The summed E-state index contributed by atoms with van der Waals surface area (Å²) >= 11 is 0. The van der Waals surface area contributed by atoms with Crippen molar-refractivity contribution in [1.82, 2.24) is 10.2 Å². The third-order valence-electron chi connectivity index (χ3n) is 9.72. The third-order valence-corrected chi connectivity index (χ3v) is 9.72. The predicted octanol–water partition coefficient (Wildman–Crippen LogP) is 5.43. The molecule has 47 heavy (non-hydrogen) atoms. The van der Waals surface area contributed by atoms with E-state index in [9.17, 15) is 19.2 Å². The van der Waals surface area contributed by atoms with Crippen LogP contribution >= 0.6 is 0 Å². The lowest BCUT2D eigenvalue weighted by atomic mass is 9.81. The van der Waals surface area contributed by atoms with Crippen LogP contribution in [0.4, 0.5) is 16.2 Å². The molecule has 1 saturated heterocycles. The summed E-state index contributed by atoms with van der Waals surface area (Å²) in [5.74, 6) is -0.951. The lowest BCUT2D eigenvalue weighted by molar-refractivity contribution is -0.133. The summed E-state index contributed by atoms with van der Waals surface area (Å²) in [6.45, 7) is 12.4. The van der Waals surface area contributed by atoms with E-state index in [1.54, 1.807) is 25.9 Å². The summed E-state index contributed by atoms with van der Waals surface area (Å²) < 4.78 is 17.1. The van der Waals surface area contributed by atoms with Crippen molar-refractivity contribution >= 4 is 35.2 Å². The fraction of sp³-hybridized carbons (Fsp3) is 0.722. The zero-order valence-corrected chi connectivity index (χ0v) is 29.4. The van der Waals surface area contributed by atoms with Crippen molar-refractivity contribution in [3.05, 3.63) is 18.2 Å². The van der Waals surface area contributed by atoms with Crippen molar-refractivity contribution in [3.8, 4) is 5.75 Å². The molecule has 2 atom stereocenters. The van der Waals surface area contributed by atoms with E-state index in [1.807, 2.05) is 43.9 Å². The maximum absolute atomic E-state index is 14.6. The van der Waals surface area contributed by atoms with E-state index in [-0.39, 0.29) is 42.4 Å². The number of benzene rings is 1. The Balaban J connectivity index is 1.43. The Bertz CT molecular complexity index is 1350. The second kappa shape index (κ2) is 13.6. The predicted molar refractivity (Wildman–Crippen MR) is 180 cm³/mol. The van der Waals surface area contributed by atoms with Gasteiger partial charge in [-0.3, -0.25) is 14.4 Å². The quantitative estimate of drug-likeness (QED) is 0.353. The van der Waals surface area contributed by atoms with Crippen molar-refractivity contribution in [2.24, 2.45) is 11.8 Å². The first kappa shape index (κ1) is 35.0. The van der Waals surface area contributed by atoms with Crippen LogP contribution in [0.3, 0.4) is 0 Å². The Labute approximate surface area is 279 Å². The number of amides is 4. The summed E-state index contributed by atoms with van der Waals surface area (Å²) in [4.78, 5) is 60.3. The van der Waals surface area contributed by atoms with Crippen LogP contribution in [0.25, 0.3) is 0 Å². The van der Waals surface area contributed by atoms with Gasteiger partial charge in [0.15, 0.2) is 5.60 Å². The van der Waals surface area contributed by atoms with Crippen molar-refractivity contribution in [2.45, 2.75) is 122 Å². The van der Waals surface area contributed by atoms with E-state index in [0.717, 1.165) is 38.5 Å². The van der Waals surface area contributed by atoms with Gasteiger partial charge in [0.25, 0.3) is 5.91 Å². The first-order valence-electron chi connectivity index (χ1n) is 17.4. The highest BCUT2D eigenvalue weighted by molar-refractivity contribution is 6.04. The summed E-state index contributed by atoms with van der Waals surface area (Å²) in [5.41, 5.74) is -0.721. The van der Waals surface area contributed by atoms with Gasteiger partial charge in [0.2, 0.25) is 11.8 Å². The molecular weight excluding hydrogens is 600 g/mol. The number of ether oxygens (including phenoxy) is 3. The normalized spacial score (nSPS) is 23.8. The number of likely N-dealkylation sites (tertiary alicyclic amines) is 1. The van der Waals surface area contributed by atoms with Crippen LogP contribution in [0.1, 0.15) is 99.3 Å². The average Bonchev–Trinajstić information content (AvgIpc) is 3.83. The first-order valence-corrected chi connectivity index (χ1v) is 17.4. The van der Waals surface area contributed by atoms with Gasteiger partial charge in [-0.05, 0) is 98.3 Å². The average molecular weight is 655 g/mol. The molecule has 4 aliphatic rings. The molecule has 2 aliphatic heterocycles. The molecule has 3 fully saturated rings. The molecule has 0 aromatic heterocycles. The van der Waals surface area contributed by atoms with Crippen molar-refractivity contribution in [3.63, 3.8) is 0 Å². The van der Waals surface area contributed by atoms with Crippen LogP contribution in [-0.4, -0.2) is 84.8 Å². The van der Waals surface area contributed by atoms with Gasteiger partial charge in [-0.2, -0.15) is 0 Å². The highest BCUT2D eigenvalue weighted by Gasteiger charge is 2.46. The Morgan fingerprint density at radius 1 is 1.04 bits per heavy atom. The van der Waals surface area contributed by atoms with Gasteiger partial charge in [-0.25, -0.2) is 4.79 Å². The number of hydrogen-bond acceptors (Lipinski definition) is 7. The van der Waals surface area contributed by atoms with E-state index >= 15 is 0 Å². The Morgan fingerprint density at radius 3 is 2.36 bits per heavy atom. The zero-order chi connectivity index (χ0) is 34.1. The molecule has 260 valence electrons. The maximum Gasteiger partial charge on any atom is 0.410 e. The number of piperidine rings is 1. The molecule has 2 heterocycles. The van der Waals surface area contributed by atoms with E-state index in [1.165, 1.54) is 11.3 Å². The highest BCUT2D eigenvalue weighted by atomic mass is 16.6. The number of rotatable bonds is 9. The lowest BCUT2D eigenvalue weighted by Crippen LogP contribution is -2.56. The lowest BCUT2D eigenvalue weighted by Gasteiger charge is -2.41. The van der Waals surface area contributed by atoms with Crippen LogP contribution in [-0.2, 0) is 23.9 Å². The van der Waals surface area contributed by atoms with Gasteiger partial charge in [-0.15, -0.1) is 0 Å². The molecule has 0 unspecified atom stereocenters. The van der Waals surface area contributed by atoms with Gasteiger partial charge < -0.3 is 34.2 Å². The number of hydrogen-bond donors (Lipinski definition) is 1. The Morgan fingerprint density at radius 2 is 1.72 bits per heavy atom. The van der Waals surface area contributed by atoms with Crippen LogP contribution in [0.15, 0.2) is 18.2 Å². The minimum atomic E-state index is -1.02. The fourth-order valence-corrected chi connectivity index (χ4v) is 7.14. The largest absolute Gasteiger partial charge is 0.476 e. The first-order chi connectivity index (χ1) is 22.1. The molecule has 0 spiro atoms. The molecule has 1 aromatic carbocycles. The number of carbonyl (C=O) groups excluding carboxylic acids is 4. The number of methoxy groups -OCH3 is 1. The summed E-state index contributed by atoms with van der Waals surface area (Å²) in [6.07, 6.45) is 7.33. The van der Waals surface area contributed by atoms with Crippen LogP contribution in [0.5, 0.6) is 5.75 Å². The second-order valence-electron chi connectivity index (χ2n) is 15.6. The van der Waals surface area contributed by atoms with Crippen molar-refractivity contribution in [1.29, 1.82) is 0 Å². The minimum absolute atomic E-state index is 0.00414. The number of fused-ring (bicyclic) bond motifs is 1. The smallest absolute Gasteiger partial charge is 0.410 e. The van der Waals surface area contributed by atoms with E-state index in [2.05, 4.69) is 12.2 Å². The highest BCUT2D eigenvalue weighted by Crippen LogP contribution is 2.43. The van der Waals surface area contributed by atoms with Crippen molar-refractivity contribution in [2.75, 3.05) is 43.2 Å². The van der Waals surface area contributed by atoms with Crippen molar-refractivity contribution < 1.29 is 33.4 Å². The van der Waals surface area contributed by atoms with Gasteiger partial charge >= 0.3 is 6.09 Å². The molecule has 2 saturated carbocycles. The molecule has 2 aliphatic carbocycles. The molecule has 0 bridgehead atoms. The van der Waals surface area contributed by atoms with Crippen LogP contribution in [0.2, 0.25) is 0 Å². The molecule has 1 aromatic rings. The Kier molecular flexibility index (Phi) is 10.2. The third kappa shape index (κ3) is 8.21. The van der Waals surface area contributed by atoms with Gasteiger partial charge in [0.1, 0.15) is 11.4 Å². The van der Waals surface area contributed by atoms with Crippen LogP contribution in [0, 0.1) is 11.8 Å². The fourth-order valence-electron chi connectivity index (χ4n) is 7.14. The monoisotopic (exact) mass is 654 g/mol. The summed E-state index contributed by atoms with van der Waals surface area (Å²) in [7, 11) is 1.63. The van der Waals surface area contributed by atoms with Gasteiger partial charge in [0.05, 0.1) is 17.5 Å². The SMILES string of the molecule is COCCCN1C(=O)C(C)(C)Oc2ccc(N(C(=O)[C@@H]3C[C@H](C(=O)NC4(C)CCCCC4)CN(C(=O)OC(C)(C)C)C3)C3CC3)cc21. The Hall–Kier alpha value is -3.34. The molecular formula is C36H54N4O7. The molecule has 11 heteroatoms. The van der Waals surface area contributed by atoms with Gasteiger partial charge in [0, 0.05) is 50.6 Å². The number of carbonyl (C=O) groups is 4. The second-order valence-corrected chi connectivity index (χ2v) is 15.6. The topological polar surface area (TPSA) is 118 Å². The minimum Gasteiger partial charge on any atom is -0.476 e. The molecule has 5 rings (SSSR count). The zero-order valence-electron chi connectivity index (χ0n) is 29.4. The van der Waals surface area contributed by atoms with E-state index in [0.29, 0.717) is 43.1 Å². The number of nitrogens with one attached hydrogen (secondary N) is 1. The summed E-state index contributed by atoms with van der Waals surface area (Å²) in [6, 6.07) is 5.58. The summed E-state index contributed by atoms with van der Waals surface area (Å²) in [5, 5.41) is 3.30. The number of nitrogens with zero attached hydrogens (tertiary/aromatic N) is 3. The van der Waals surface area contributed by atoms with Gasteiger partial charge in [-0.1, -0.05) is 19.3 Å². The van der Waals surface area contributed by atoms with E-state index in [4.69, 9.17) is 14.2 Å². The maximum atomic E-state index is 14.6. The standard InChI is InChI=1S/C36H54N4O7/c1-34(2,3)47-33(44)38-22-24(30(41)37-36(6)16-9-8-10-17-36)20-25(23-38)31(42)40(26-12-13-26)27-14-15-29-28(21-27)39(18-11-19-45-7)32(43)35(4,5)46-29/h14-15,21,24-26H,8-13,16-20,22-23H2,1-7H3,(H,37,41)/t24-,25+/m0/s1.